The van der Waals surface area contributed by atoms with Crippen molar-refractivity contribution < 1.29 is 4.79 Å². The van der Waals surface area contributed by atoms with Crippen LogP contribution in [-0.2, 0) is 4.79 Å². The summed E-state index contributed by atoms with van der Waals surface area (Å²) in [6.07, 6.45) is 2.16. The molecule has 68 valence electrons. The van der Waals surface area contributed by atoms with Crippen LogP contribution in [0.2, 0.25) is 0 Å². The van der Waals surface area contributed by atoms with E-state index in [1.54, 1.807) is 0 Å². The summed E-state index contributed by atoms with van der Waals surface area (Å²) < 4.78 is 0. The van der Waals surface area contributed by atoms with Crippen molar-refractivity contribution in [2.45, 2.75) is 25.3 Å². The zero-order chi connectivity index (χ0) is 8.77. The number of nitrogens with zero attached hydrogens (tertiary/aromatic N) is 1. The molecule has 1 aliphatic carbocycles. The Balaban J connectivity index is 2.07. The summed E-state index contributed by atoms with van der Waals surface area (Å²) in [6.45, 7) is 3.83. The molecule has 2 bridgehead atoms. The summed E-state index contributed by atoms with van der Waals surface area (Å²) in [4.78, 5) is 13.9. The maximum Gasteiger partial charge on any atom is 0.240 e. The van der Waals surface area contributed by atoms with E-state index in [0.717, 1.165) is 31.8 Å². The lowest BCUT2D eigenvalue weighted by molar-refractivity contribution is -0.133. The summed E-state index contributed by atoms with van der Waals surface area (Å²) in [5.74, 6) is 1.03. The van der Waals surface area contributed by atoms with Crippen LogP contribution in [0, 0.1) is 5.92 Å². The van der Waals surface area contributed by atoms with E-state index in [1.807, 2.05) is 6.92 Å². The maximum atomic E-state index is 11.7. The second kappa shape index (κ2) is 2.46. The molecule has 3 fully saturated rings. The SMILES string of the molecule is CCNC(=O)C12CC(CN1C)C2. The van der Waals surface area contributed by atoms with Gasteiger partial charge in [0.05, 0.1) is 0 Å². The van der Waals surface area contributed by atoms with Crippen molar-refractivity contribution in [1.82, 2.24) is 10.2 Å². The summed E-state index contributed by atoms with van der Waals surface area (Å²) in [6, 6.07) is 0. The Morgan fingerprint density at radius 2 is 2.33 bits per heavy atom. The van der Waals surface area contributed by atoms with Crippen LogP contribution in [0.1, 0.15) is 19.8 Å². The Bertz CT molecular complexity index is 209. The van der Waals surface area contributed by atoms with Crippen molar-refractivity contribution in [3.8, 4) is 0 Å². The summed E-state index contributed by atoms with van der Waals surface area (Å²) in [5, 5.41) is 2.92. The van der Waals surface area contributed by atoms with Crippen LogP contribution in [0.25, 0.3) is 0 Å². The fourth-order valence-corrected chi connectivity index (χ4v) is 2.58. The highest BCUT2D eigenvalue weighted by molar-refractivity contribution is 5.88. The average Bonchev–Trinajstić information content (AvgIpc) is 2.40. The number of hydrogen-bond acceptors (Lipinski definition) is 2. The highest BCUT2D eigenvalue weighted by atomic mass is 16.2. The van der Waals surface area contributed by atoms with Gasteiger partial charge in [-0.15, -0.1) is 0 Å². The van der Waals surface area contributed by atoms with Gasteiger partial charge >= 0.3 is 0 Å². The molecule has 1 saturated carbocycles. The lowest BCUT2D eigenvalue weighted by Gasteiger charge is -2.39. The molecule has 3 aliphatic rings. The number of carbonyl (C=O) groups excluding carboxylic acids is 1. The molecule has 0 aromatic carbocycles. The van der Waals surface area contributed by atoms with E-state index in [2.05, 4.69) is 17.3 Å². The van der Waals surface area contributed by atoms with Gasteiger partial charge in [-0.2, -0.15) is 0 Å². The van der Waals surface area contributed by atoms with Crippen LogP contribution >= 0.6 is 0 Å². The van der Waals surface area contributed by atoms with Crippen molar-refractivity contribution in [3.05, 3.63) is 0 Å². The number of rotatable bonds is 2. The molecule has 1 amide bonds. The van der Waals surface area contributed by atoms with Crippen LogP contribution in [0.5, 0.6) is 0 Å². The van der Waals surface area contributed by atoms with Crippen molar-refractivity contribution >= 4 is 5.91 Å². The number of fused-ring (bicyclic) bond motifs is 1. The third-order valence-electron chi connectivity index (χ3n) is 3.28. The number of carbonyl (C=O) groups is 1. The molecule has 12 heavy (non-hydrogen) atoms. The third kappa shape index (κ3) is 0.829. The third-order valence-corrected chi connectivity index (χ3v) is 3.28. The molecule has 0 unspecified atom stereocenters. The van der Waals surface area contributed by atoms with Gasteiger partial charge in [0.1, 0.15) is 5.54 Å². The molecule has 0 aromatic rings. The van der Waals surface area contributed by atoms with Gasteiger partial charge in [0, 0.05) is 13.1 Å². The second-order valence-electron chi connectivity index (χ2n) is 4.05. The molecule has 3 heteroatoms. The molecule has 0 aromatic heterocycles. The van der Waals surface area contributed by atoms with E-state index in [0.29, 0.717) is 0 Å². The number of amides is 1. The molecule has 1 N–H and O–H groups in total. The molecule has 3 rings (SSSR count). The Morgan fingerprint density at radius 3 is 2.75 bits per heavy atom. The topological polar surface area (TPSA) is 32.3 Å². The smallest absolute Gasteiger partial charge is 0.240 e. The van der Waals surface area contributed by atoms with Crippen LogP contribution in [-0.4, -0.2) is 36.5 Å². The second-order valence-corrected chi connectivity index (χ2v) is 4.05. The number of likely N-dealkylation sites (N-methyl/N-ethyl adjacent to an activating group) is 2. The molecular weight excluding hydrogens is 152 g/mol. The van der Waals surface area contributed by atoms with Gasteiger partial charge in [-0.3, -0.25) is 9.69 Å². The Hall–Kier alpha value is -0.570. The Labute approximate surface area is 73.1 Å². The van der Waals surface area contributed by atoms with Gasteiger partial charge in [-0.25, -0.2) is 0 Å². The molecule has 3 nitrogen and oxygen atoms in total. The van der Waals surface area contributed by atoms with E-state index in [-0.39, 0.29) is 11.4 Å². The molecule has 2 heterocycles. The first-order chi connectivity index (χ1) is 5.69. The van der Waals surface area contributed by atoms with E-state index < -0.39 is 0 Å². The van der Waals surface area contributed by atoms with E-state index >= 15 is 0 Å². The molecule has 0 radical (unpaired) electrons. The minimum absolute atomic E-state index is 0.110. The van der Waals surface area contributed by atoms with Crippen molar-refractivity contribution in [1.29, 1.82) is 0 Å². The Kier molecular flexibility index (Phi) is 1.65. The average molecular weight is 168 g/mol. The van der Waals surface area contributed by atoms with Crippen LogP contribution < -0.4 is 5.32 Å². The van der Waals surface area contributed by atoms with Crippen LogP contribution in [0.3, 0.4) is 0 Å². The minimum atomic E-state index is -0.110. The van der Waals surface area contributed by atoms with Gasteiger partial charge in [-0.05, 0) is 32.7 Å². The highest BCUT2D eigenvalue weighted by Crippen LogP contribution is 2.49. The van der Waals surface area contributed by atoms with Crippen LogP contribution in [0.15, 0.2) is 0 Å². The fraction of sp³-hybridized carbons (Fsp3) is 0.889. The normalized spacial score (nSPS) is 39.3. The first-order valence-electron chi connectivity index (χ1n) is 4.68. The molecule has 0 atom stereocenters. The number of nitrogens with one attached hydrogen (secondary N) is 1. The predicted octanol–water partition coefficient (Wildman–Crippen LogP) is 0.217. The van der Waals surface area contributed by atoms with E-state index in [4.69, 9.17) is 0 Å². The van der Waals surface area contributed by atoms with Gasteiger partial charge in [0.15, 0.2) is 0 Å². The van der Waals surface area contributed by atoms with Crippen molar-refractivity contribution in [2.24, 2.45) is 5.92 Å². The van der Waals surface area contributed by atoms with Gasteiger partial charge in [-0.1, -0.05) is 0 Å². The zero-order valence-corrected chi connectivity index (χ0v) is 7.76. The minimum Gasteiger partial charge on any atom is -0.355 e. The monoisotopic (exact) mass is 168 g/mol. The van der Waals surface area contributed by atoms with Gasteiger partial charge < -0.3 is 5.32 Å². The molecular formula is C9H16N2O. The van der Waals surface area contributed by atoms with Crippen LogP contribution in [0.4, 0.5) is 0 Å². The van der Waals surface area contributed by atoms with Crippen molar-refractivity contribution in [2.75, 3.05) is 20.1 Å². The molecule has 2 aliphatic heterocycles. The van der Waals surface area contributed by atoms with E-state index in [9.17, 15) is 4.79 Å². The fourth-order valence-electron chi connectivity index (χ4n) is 2.58. The van der Waals surface area contributed by atoms with Crippen molar-refractivity contribution in [3.63, 3.8) is 0 Å². The predicted molar refractivity (Wildman–Crippen MR) is 46.8 cm³/mol. The lowest BCUT2D eigenvalue weighted by Crippen LogP contribution is -2.56. The first-order valence-corrected chi connectivity index (χ1v) is 4.68. The standard InChI is InChI=1S/C9H16N2O/c1-3-10-8(12)9-4-7(5-9)6-11(9)2/h7H,3-6H2,1-2H3,(H,10,12). The van der Waals surface area contributed by atoms with Gasteiger partial charge in [0.25, 0.3) is 0 Å². The summed E-state index contributed by atoms with van der Waals surface area (Å²) >= 11 is 0. The summed E-state index contributed by atoms with van der Waals surface area (Å²) in [5.41, 5.74) is -0.110. The summed E-state index contributed by atoms with van der Waals surface area (Å²) in [7, 11) is 2.06. The molecule has 0 spiro atoms. The quantitative estimate of drug-likeness (QED) is 0.639. The first kappa shape index (κ1) is 8.05. The zero-order valence-electron chi connectivity index (χ0n) is 7.76. The maximum absolute atomic E-state index is 11.7. The molecule has 2 saturated heterocycles. The van der Waals surface area contributed by atoms with E-state index in [1.165, 1.54) is 0 Å². The Morgan fingerprint density at radius 1 is 1.67 bits per heavy atom. The highest BCUT2D eigenvalue weighted by Gasteiger charge is 2.58. The lowest BCUT2D eigenvalue weighted by atomic mass is 9.72. The number of hydrogen-bond donors (Lipinski definition) is 1. The largest absolute Gasteiger partial charge is 0.355 e. The van der Waals surface area contributed by atoms with Gasteiger partial charge in [0.2, 0.25) is 5.91 Å².